The maximum Gasteiger partial charge on any atom is 0.358 e. The minimum absolute atomic E-state index is 0.0226. The summed E-state index contributed by atoms with van der Waals surface area (Å²) < 4.78 is 77.1. The Hall–Kier alpha value is -4.95. The Labute approximate surface area is 247 Å². The summed E-state index contributed by atoms with van der Waals surface area (Å²) in [6, 6.07) is 3.02. The molecule has 0 unspecified atom stereocenters. The number of carbonyl (C=O) groups is 3. The number of amides is 3. The number of carbonyl (C=O) groups excluding carboxylic acids is 2. The van der Waals surface area contributed by atoms with Crippen LogP contribution in [-0.2, 0) is 18.3 Å². The van der Waals surface area contributed by atoms with Crippen LogP contribution in [0.1, 0.15) is 54.0 Å². The van der Waals surface area contributed by atoms with Crippen molar-refractivity contribution in [2.75, 3.05) is 5.12 Å². The van der Waals surface area contributed by atoms with Gasteiger partial charge in [-0.3, -0.25) is 4.79 Å². The summed E-state index contributed by atoms with van der Waals surface area (Å²) in [6.07, 6.45) is 1.79. The van der Waals surface area contributed by atoms with Crippen molar-refractivity contribution >= 4 is 34.5 Å². The fourth-order valence-electron chi connectivity index (χ4n) is 4.77. The number of urea groups is 1. The molecule has 0 radical (unpaired) electrons. The number of anilines is 1. The fraction of sp³-hybridized carbons (Fsp3) is 0.310. The first-order valence-corrected chi connectivity index (χ1v) is 13.3. The van der Waals surface area contributed by atoms with E-state index in [2.05, 4.69) is 15.6 Å². The number of nitrogens with one attached hydrogen (secondary N) is 2. The first-order valence-electron chi connectivity index (χ1n) is 13.3. The van der Waals surface area contributed by atoms with Crippen LogP contribution in [0.25, 0.3) is 10.9 Å². The number of aryl methyl sites for hydroxylation is 2. The number of rotatable bonds is 10. The van der Waals surface area contributed by atoms with E-state index in [9.17, 15) is 41.5 Å². The molecule has 2 heterocycles. The Kier molecular flexibility index (Phi) is 9.25. The summed E-state index contributed by atoms with van der Waals surface area (Å²) in [5.74, 6) is -11.3. The molecule has 0 aliphatic rings. The molecule has 10 nitrogen and oxygen atoms in total. The van der Waals surface area contributed by atoms with E-state index in [1.165, 1.54) is 6.92 Å². The van der Waals surface area contributed by atoms with Crippen molar-refractivity contribution in [3.05, 3.63) is 82.7 Å². The van der Waals surface area contributed by atoms with E-state index in [1.54, 1.807) is 13.8 Å². The van der Waals surface area contributed by atoms with Crippen molar-refractivity contribution in [1.82, 2.24) is 20.2 Å². The van der Waals surface area contributed by atoms with Gasteiger partial charge in [-0.25, -0.2) is 32.1 Å². The van der Waals surface area contributed by atoms with Crippen LogP contribution in [0.3, 0.4) is 0 Å². The van der Waals surface area contributed by atoms with Crippen LogP contribution in [-0.4, -0.2) is 38.6 Å². The fourth-order valence-corrected chi connectivity index (χ4v) is 4.77. The number of nitrogens with zero attached hydrogens (tertiary/aromatic N) is 3. The lowest BCUT2D eigenvalue weighted by atomic mass is 10.0. The second-order valence-corrected chi connectivity index (χ2v) is 10.5. The lowest BCUT2D eigenvalue weighted by molar-refractivity contribution is -0.124. The number of benzene rings is 2. The molecular formula is C29H28F5N5O5. The second-order valence-electron chi connectivity index (χ2n) is 10.5. The maximum absolute atomic E-state index is 14.8. The Morgan fingerprint density at radius 1 is 1.07 bits per heavy atom. The van der Waals surface area contributed by atoms with E-state index < -0.39 is 64.1 Å². The number of oxazole rings is 1. The summed E-state index contributed by atoms with van der Waals surface area (Å²) in [7, 11) is 1.82. The molecule has 3 amide bonds. The Balaban J connectivity index is 1.65. The third-order valence-electron chi connectivity index (χ3n) is 6.83. The zero-order chi connectivity index (χ0) is 32.5. The topological polar surface area (TPSA) is 130 Å². The lowest BCUT2D eigenvalue weighted by Crippen LogP contribution is -2.51. The van der Waals surface area contributed by atoms with Crippen LogP contribution in [0, 0.1) is 36.1 Å². The summed E-state index contributed by atoms with van der Waals surface area (Å²) in [6.45, 7) is 4.76. The van der Waals surface area contributed by atoms with Gasteiger partial charge in [0.15, 0.2) is 29.0 Å². The number of hydrogen-bond donors (Lipinski definition) is 3. The molecule has 3 N–H and O–H groups in total. The predicted octanol–water partition coefficient (Wildman–Crippen LogP) is 5.64. The van der Waals surface area contributed by atoms with Crippen LogP contribution in [0.5, 0.6) is 0 Å². The van der Waals surface area contributed by atoms with Crippen molar-refractivity contribution in [3.8, 4) is 0 Å². The minimum atomic E-state index is -2.33. The lowest BCUT2D eigenvalue weighted by Gasteiger charge is -2.24. The third kappa shape index (κ3) is 6.50. The zero-order valence-electron chi connectivity index (χ0n) is 23.9. The molecule has 234 valence electrons. The Bertz CT molecular complexity index is 1740. The molecule has 0 aliphatic heterocycles. The van der Waals surface area contributed by atoms with Gasteiger partial charge in [-0.05, 0) is 30.9 Å². The molecule has 2 aromatic carbocycles. The van der Waals surface area contributed by atoms with Crippen LogP contribution in [0.15, 0.2) is 40.9 Å². The van der Waals surface area contributed by atoms with Crippen molar-refractivity contribution in [1.29, 1.82) is 0 Å². The Morgan fingerprint density at radius 3 is 2.39 bits per heavy atom. The standard InChI is InChI=1S/C29H28F5N5O5/c1-13(2)9-18(36-29(43)39(34)21-11-17(30)22(31)24(33)23(21)32)26(40)35-19(27-37-25(28(41)42)14(3)44-27)10-15-12-38(4)20-8-6-5-7-16(15)20/h5-8,11-13,18-19H,9-10H2,1-4H3,(H,35,40)(H,36,43)(H,41,42)/t18-,19+/m0/s1. The average Bonchev–Trinajstić information content (AvgIpc) is 3.52. The van der Waals surface area contributed by atoms with E-state index in [0.717, 1.165) is 16.5 Å². The van der Waals surface area contributed by atoms with Crippen molar-refractivity contribution in [3.63, 3.8) is 0 Å². The second kappa shape index (κ2) is 12.7. The number of halogens is 5. The molecular weight excluding hydrogens is 593 g/mol. The van der Waals surface area contributed by atoms with E-state index >= 15 is 0 Å². The van der Waals surface area contributed by atoms with E-state index in [1.807, 2.05) is 42.1 Å². The molecule has 4 rings (SSSR count). The molecule has 0 saturated carbocycles. The molecule has 0 saturated heterocycles. The van der Waals surface area contributed by atoms with Gasteiger partial charge in [0.2, 0.25) is 11.8 Å². The van der Waals surface area contributed by atoms with Crippen molar-refractivity contribution in [2.45, 2.75) is 45.7 Å². The van der Waals surface area contributed by atoms with Crippen molar-refractivity contribution in [2.24, 2.45) is 13.0 Å². The molecule has 0 fully saturated rings. The van der Waals surface area contributed by atoms with Gasteiger partial charge in [0, 0.05) is 36.6 Å². The van der Waals surface area contributed by atoms with Crippen LogP contribution in [0.2, 0.25) is 0 Å². The van der Waals surface area contributed by atoms with E-state index in [0.29, 0.717) is 0 Å². The number of para-hydroxylation sites is 1. The predicted molar refractivity (Wildman–Crippen MR) is 147 cm³/mol. The SMILES string of the molecule is Cc1oc([C@@H](Cc2cn(C)c3ccccc23)NC(=O)[C@H](CC(C)C)NC(=O)N(F)c2cc(F)c(F)c(F)c2F)nc1C(=O)O. The van der Waals surface area contributed by atoms with Gasteiger partial charge in [-0.15, -0.1) is 5.12 Å². The van der Waals surface area contributed by atoms with Gasteiger partial charge in [-0.2, -0.15) is 0 Å². The van der Waals surface area contributed by atoms with Crippen LogP contribution >= 0.6 is 0 Å². The van der Waals surface area contributed by atoms with E-state index in [-0.39, 0.29) is 42.2 Å². The number of carboxylic acid groups (broad SMARTS) is 1. The Morgan fingerprint density at radius 2 is 1.75 bits per heavy atom. The molecule has 0 spiro atoms. The highest BCUT2D eigenvalue weighted by molar-refractivity contribution is 5.94. The first-order chi connectivity index (χ1) is 20.7. The highest BCUT2D eigenvalue weighted by atomic mass is 19.2. The minimum Gasteiger partial charge on any atom is -0.476 e. The summed E-state index contributed by atoms with van der Waals surface area (Å²) in [4.78, 5) is 41.9. The van der Waals surface area contributed by atoms with Gasteiger partial charge in [0.05, 0.1) is 0 Å². The normalized spacial score (nSPS) is 12.8. The largest absolute Gasteiger partial charge is 0.476 e. The molecule has 0 aliphatic carbocycles. The van der Waals surface area contributed by atoms with Crippen molar-refractivity contribution < 1.29 is 46.0 Å². The molecule has 4 aromatic rings. The third-order valence-corrected chi connectivity index (χ3v) is 6.83. The smallest absolute Gasteiger partial charge is 0.358 e. The number of fused-ring (bicyclic) bond motifs is 1. The zero-order valence-corrected chi connectivity index (χ0v) is 23.9. The number of hydrogen-bond acceptors (Lipinski definition) is 5. The summed E-state index contributed by atoms with van der Waals surface area (Å²) in [5.41, 5.74) is -0.321. The number of carboxylic acids is 1. The number of aromatic carboxylic acids is 1. The van der Waals surface area contributed by atoms with Crippen LogP contribution < -0.4 is 15.8 Å². The molecule has 15 heteroatoms. The van der Waals surface area contributed by atoms with Gasteiger partial charge in [0.25, 0.3) is 0 Å². The first kappa shape index (κ1) is 32.0. The molecule has 0 bridgehead atoms. The number of aromatic nitrogens is 2. The average molecular weight is 622 g/mol. The summed E-state index contributed by atoms with van der Waals surface area (Å²) in [5, 5.41) is 14.1. The quantitative estimate of drug-likeness (QED) is 0.0909. The molecule has 44 heavy (non-hydrogen) atoms. The molecule has 2 atom stereocenters. The van der Waals surface area contributed by atoms with Gasteiger partial charge in [0.1, 0.15) is 23.5 Å². The highest BCUT2D eigenvalue weighted by Crippen LogP contribution is 2.29. The monoisotopic (exact) mass is 621 g/mol. The van der Waals surface area contributed by atoms with Crippen LogP contribution in [0.4, 0.5) is 32.5 Å². The summed E-state index contributed by atoms with van der Waals surface area (Å²) >= 11 is 0. The molecule has 2 aromatic heterocycles. The maximum atomic E-state index is 14.8. The van der Waals surface area contributed by atoms with E-state index in [4.69, 9.17) is 4.42 Å². The van der Waals surface area contributed by atoms with Gasteiger partial charge >= 0.3 is 12.0 Å². The highest BCUT2D eigenvalue weighted by Gasteiger charge is 2.32. The van der Waals surface area contributed by atoms with Gasteiger partial charge < -0.3 is 24.7 Å². The van der Waals surface area contributed by atoms with Gasteiger partial charge in [-0.1, -0.05) is 36.5 Å².